The lowest BCUT2D eigenvalue weighted by Crippen LogP contribution is -2.54. The Morgan fingerprint density at radius 3 is 0.893 bits per heavy atom. The fourth-order valence-corrected chi connectivity index (χ4v) is 6.78. The highest BCUT2D eigenvalue weighted by Gasteiger charge is 2.52. The van der Waals surface area contributed by atoms with Crippen molar-refractivity contribution < 1.29 is 28.8 Å². The zero-order valence-electron chi connectivity index (χ0n) is 18.0. The van der Waals surface area contributed by atoms with Crippen LogP contribution in [-0.4, -0.2) is 45.4 Å². The minimum absolute atomic E-state index is 0.259. The molecule has 0 saturated carbocycles. The molecule has 0 heterocycles. The smallest absolute Gasteiger partial charge is 0.319 e. The van der Waals surface area contributed by atoms with Crippen molar-refractivity contribution in [1.82, 2.24) is 0 Å². The topological polar surface area (TPSA) is 102 Å². The molecule has 0 amide bonds. The Morgan fingerprint density at radius 2 is 0.750 bits per heavy atom. The van der Waals surface area contributed by atoms with Gasteiger partial charge < -0.3 is 14.4 Å². The van der Waals surface area contributed by atoms with E-state index in [-0.39, 0.29) is 36.6 Å². The molecule has 0 fully saturated rings. The van der Waals surface area contributed by atoms with E-state index in [0.29, 0.717) is 19.3 Å². The summed E-state index contributed by atoms with van der Waals surface area (Å²) in [5, 5.41) is 0. The molecule has 0 aliphatic heterocycles. The van der Waals surface area contributed by atoms with E-state index in [9.17, 15) is 28.8 Å². The van der Waals surface area contributed by atoms with Gasteiger partial charge in [-0.25, -0.2) is 0 Å². The zero-order valence-corrected chi connectivity index (χ0v) is 19.2. The van der Waals surface area contributed by atoms with Crippen LogP contribution in [0.3, 0.4) is 0 Å². The van der Waals surface area contributed by atoms with Crippen LogP contribution in [0.1, 0.15) is 80.1 Å². The van der Waals surface area contributed by atoms with Gasteiger partial charge >= 0.3 is 14.1 Å². The molecule has 6 nitrogen and oxygen atoms in total. The molecule has 7 heteroatoms. The summed E-state index contributed by atoms with van der Waals surface area (Å²) < 4.78 is -1.89. The molecule has 0 bridgehead atoms. The third-order valence-corrected chi connectivity index (χ3v) is 8.00. The number of hydrogen-bond acceptors (Lipinski definition) is 6. The van der Waals surface area contributed by atoms with Crippen molar-refractivity contribution in [3.05, 3.63) is 0 Å². The van der Waals surface area contributed by atoms with Gasteiger partial charge in [0, 0.05) is 0 Å². The first kappa shape index (κ1) is 26.6. The van der Waals surface area contributed by atoms with Crippen LogP contribution in [0.4, 0.5) is 0 Å². The Morgan fingerprint density at radius 1 is 0.536 bits per heavy atom. The van der Waals surface area contributed by atoms with Crippen molar-refractivity contribution in [3.63, 3.8) is 0 Å². The molecule has 0 rings (SSSR count). The summed E-state index contributed by atoms with van der Waals surface area (Å²) in [6.07, 6.45) is 2.43. The maximum absolute atomic E-state index is 13.2. The first-order valence-electron chi connectivity index (χ1n) is 10.2. The van der Waals surface area contributed by atoms with E-state index in [0.717, 1.165) is 0 Å². The number of ketones is 3. The Bertz CT molecular complexity index is 539. The van der Waals surface area contributed by atoms with Crippen LogP contribution in [0.25, 0.3) is 0 Å². The molecule has 0 aliphatic rings. The van der Waals surface area contributed by atoms with Crippen LogP contribution >= 0.6 is 0 Å². The summed E-state index contributed by atoms with van der Waals surface area (Å²) in [7, 11) is 0. The SMILES string of the molecule is CCCC(C(C)=O)[C](=O)[Al]([C](=O)C(CCC)C(C)=O)[C](=O)C(CCC)C(C)=O. The first-order valence-corrected chi connectivity index (χ1v) is 11.9. The lowest BCUT2D eigenvalue weighted by atomic mass is 10.0. The van der Waals surface area contributed by atoms with Crippen molar-refractivity contribution in [2.75, 3.05) is 0 Å². The molecule has 0 N–H and O–H groups in total. The maximum Gasteiger partial charge on any atom is 0.551 e. The van der Waals surface area contributed by atoms with Gasteiger partial charge in [-0.05, 0) is 40.0 Å². The summed E-state index contributed by atoms with van der Waals surface area (Å²) in [6.45, 7) is 9.28. The third-order valence-electron chi connectivity index (χ3n) is 5.09. The van der Waals surface area contributed by atoms with Crippen LogP contribution in [0.5, 0.6) is 0 Å². The fraction of sp³-hybridized carbons (Fsp3) is 0.714. The monoisotopic (exact) mass is 408 g/mol. The van der Waals surface area contributed by atoms with Crippen molar-refractivity contribution >= 4 is 45.4 Å². The van der Waals surface area contributed by atoms with Crippen molar-refractivity contribution in [2.24, 2.45) is 17.8 Å². The van der Waals surface area contributed by atoms with Gasteiger partial charge in [-0.3, -0.25) is 14.4 Å². The highest BCUT2D eigenvalue weighted by atomic mass is 27.2. The fourth-order valence-electron chi connectivity index (χ4n) is 3.53. The minimum Gasteiger partial charge on any atom is -0.319 e. The zero-order chi connectivity index (χ0) is 22.0. The van der Waals surface area contributed by atoms with E-state index in [1.54, 1.807) is 0 Å². The molecule has 0 spiro atoms. The second kappa shape index (κ2) is 12.9. The summed E-state index contributed by atoms with van der Waals surface area (Å²) in [6, 6.07) is 0. The Hall–Kier alpha value is -1.45. The number of carbonyl (C=O) groups excluding carboxylic acids is 6. The number of rotatable bonds is 15. The van der Waals surface area contributed by atoms with Gasteiger partial charge in [0.25, 0.3) is 0 Å². The van der Waals surface area contributed by atoms with Crippen molar-refractivity contribution in [2.45, 2.75) is 80.1 Å². The van der Waals surface area contributed by atoms with E-state index < -0.39 is 45.8 Å². The van der Waals surface area contributed by atoms with E-state index in [1.807, 2.05) is 20.8 Å². The van der Waals surface area contributed by atoms with Gasteiger partial charge in [0.2, 0.25) is 0 Å². The van der Waals surface area contributed by atoms with Crippen LogP contribution < -0.4 is 0 Å². The Labute approximate surface area is 172 Å². The lowest BCUT2D eigenvalue weighted by molar-refractivity contribution is -0.129. The molecular formula is C21H33AlO6. The quantitative estimate of drug-likeness (QED) is 0.305. The summed E-state index contributed by atoms with van der Waals surface area (Å²) in [5.74, 6) is -4.19. The molecule has 3 atom stereocenters. The predicted octanol–water partition coefficient (Wildman–Crippen LogP) is 2.82. The molecule has 0 aromatic rings. The standard InChI is InChI=1S/3C7H11O2.Al/c3*1-3-4-7(5-8)6(2)9;/h3*7H,3-4H2,1-2H3;. The van der Waals surface area contributed by atoms with Gasteiger partial charge in [-0.15, -0.1) is 0 Å². The van der Waals surface area contributed by atoms with Crippen molar-refractivity contribution in [3.8, 4) is 0 Å². The number of hydrogen-bond donors (Lipinski definition) is 0. The van der Waals surface area contributed by atoms with Crippen LogP contribution in [0, 0.1) is 17.8 Å². The number of Topliss-reactive ketones (excluding diaryl/α,β-unsaturated/α-hetero) is 3. The molecular weight excluding hydrogens is 375 g/mol. The van der Waals surface area contributed by atoms with Gasteiger partial charge in [0.05, 0.1) is 31.7 Å². The molecule has 0 aromatic heterocycles. The van der Waals surface area contributed by atoms with E-state index in [2.05, 4.69) is 0 Å². The van der Waals surface area contributed by atoms with E-state index >= 15 is 0 Å². The molecule has 0 aromatic carbocycles. The summed E-state index contributed by atoms with van der Waals surface area (Å²) in [4.78, 5) is 75.7. The first-order chi connectivity index (χ1) is 13.0. The second-order valence-corrected chi connectivity index (χ2v) is 10.1. The Kier molecular flexibility index (Phi) is 12.2. The Balaban J connectivity index is 6.28. The lowest BCUT2D eigenvalue weighted by Gasteiger charge is -2.22. The third kappa shape index (κ3) is 7.18. The minimum atomic E-state index is -3.53. The molecule has 0 saturated heterocycles. The molecule has 28 heavy (non-hydrogen) atoms. The summed E-state index contributed by atoms with van der Waals surface area (Å²) >= 11 is -3.53. The molecule has 3 unspecified atom stereocenters. The predicted molar refractivity (Wildman–Crippen MR) is 108 cm³/mol. The van der Waals surface area contributed by atoms with Crippen LogP contribution in [-0.2, 0) is 28.8 Å². The van der Waals surface area contributed by atoms with E-state index in [4.69, 9.17) is 0 Å². The van der Waals surface area contributed by atoms with Gasteiger partial charge in [-0.1, -0.05) is 40.0 Å². The second-order valence-electron chi connectivity index (χ2n) is 7.50. The van der Waals surface area contributed by atoms with Gasteiger partial charge in [0.1, 0.15) is 17.3 Å². The van der Waals surface area contributed by atoms with Crippen molar-refractivity contribution in [1.29, 1.82) is 0 Å². The highest BCUT2D eigenvalue weighted by Crippen LogP contribution is 2.21. The van der Waals surface area contributed by atoms with Crippen LogP contribution in [0.2, 0.25) is 0 Å². The molecule has 156 valence electrons. The molecule has 0 radical (unpaired) electrons. The summed E-state index contributed by atoms with van der Waals surface area (Å²) in [5.41, 5.74) is 0. The normalized spacial score (nSPS) is 13.9. The largest absolute Gasteiger partial charge is 0.551 e. The average Bonchev–Trinajstić information content (AvgIpc) is 2.60. The average molecular weight is 408 g/mol. The number of carbonyl (C=O) groups is 6. The maximum atomic E-state index is 13.2. The highest BCUT2D eigenvalue weighted by molar-refractivity contribution is 7.28. The van der Waals surface area contributed by atoms with Gasteiger partial charge in [-0.2, -0.15) is 0 Å². The molecule has 0 aliphatic carbocycles. The van der Waals surface area contributed by atoms with Gasteiger partial charge in [0.15, 0.2) is 0 Å². The van der Waals surface area contributed by atoms with Crippen LogP contribution in [0.15, 0.2) is 0 Å². The van der Waals surface area contributed by atoms with E-state index in [1.165, 1.54) is 20.8 Å².